The molecular formula is C21H20N2O4. The maximum atomic E-state index is 12.9. The molecule has 0 aliphatic heterocycles. The Kier molecular flexibility index (Phi) is 5.35. The van der Waals surface area contributed by atoms with Crippen LogP contribution in [0.4, 0.5) is 4.79 Å². The summed E-state index contributed by atoms with van der Waals surface area (Å²) < 4.78 is 5.36. The van der Waals surface area contributed by atoms with Gasteiger partial charge in [-0.05, 0) is 41.5 Å². The number of carbonyl (C=O) groups excluding carboxylic acids is 3. The van der Waals surface area contributed by atoms with E-state index in [1.807, 2.05) is 54.6 Å². The molecule has 27 heavy (non-hydrogen) atoms. The number of hydrogen-bond acceptors (Lipinski definition) is 4. The van der Waals surface area contributed by atoms with Gasteiger partial charge in [0.2, 0.25) is 0 Å². The summed E-state index contributed by atoms with van der Waals surface area (Å²) in [6.45, 7) is 3.55. The van der Waals surface area contributed by atoms with Crippen LogP contribution in [0.25, 0.3) is 21.5 Å². The monoisotopic (exact) mass is 364 g/mol. The van der Waals surface area contributed by atoms with Crippen molar-refractivity contribution >= 4 is 39.5 Å². The molecule has 0 aliphatic rings. The van der Waals surface area contributed by atoms with E-state index in [2.05, 4.69) is 10.6 Å². The van der Waals surface area contributed by atoms with Crippen molar-refractivity contribution in [2.45, 2.75) is 20.0 Å². The van der Waals surface area contributed by atoms with Crippen molar-refractivity contribution in [2.75, 3.05) is 6.54 Å². The maximum absolute atomic E-state index is 12.9. The first-order chi connectivity index (χ1) is 13.0. The maximum Gasteiger partial charge on any atom is 0.340 e. The van der Waals surface area contributed by atoms with E-state index in [1.54, 1.807) is 6.92 Å². The number of imide groups is 1. The number of nitrogens with one attached hydrogen (secondary N) is 2. The Bertz CT molecular complexity index is 975. The number of fused-ring (bicyclic) bond motifs is 2. The second-order valence-electron chi connectivity index (χ2n) is 6.09. The second-order valence-corrected chi connectivity index (χ2v) is 6.09. The lowest BCUT2D eigenvalue weighted by Crippen LogP contribution is -2.44. The molecule has 0 saturated heterocycles. The first-order valence-electron chi connectivity index (χ1n) is 8.71. The van der Waals surface area contributed by atoms with Gasteiger partial charge in [-0.15, -0.1) is 0 Å². The zero-order valence-corrected chi connectivity index (χ0v) is 15.1. The van der Waals surface area contributed by atoms with Crippen LogP contribution in [-0.4, -0.2) is 30.6 Å². The fourth-order valence-electron chi connectivity index (χ4n) is 2.92. The molecule has 2 N–H and O–H groups in total. The predicted molar refractivity (Wildman–Crippen MR) is 104 cm³/mol. The SMILES string of the molecule is CCNC(=O)NC(=O)[C@@H](C)OC(=O)c1c2ccccc2cc2ccccc12. The highest BCUT2D eigenvalue weighted by molar-refractivity contribution is 6.17. The van der Waals surface area contributed by atoms with Crippen LogP contribution in [0, 0.1) is 0 Å². The number of urea groups is 1. The number of carbonyl (C=O) groups is 3. The van der Waals surface area contributed by atoms with Crippen molar-refractivity contribution in [1.82, 2.24) is 10.6 Å². The molecule has 0 spiro atoms. The van der Waals surface area contributed by atoms with Gasteiger partial charge in [-0.25, -0.2) is 9.59 Å². The van der Waals surface area contributed by atoms with Gasteiger partial charge in [0.1, 0.15) is 0 Å². The van der Waals surface area contributed by atoms with E-state index >= 15 is 0 Å². The molecule has 138 valence electrons. The molecule has 3 aromatic carbocycles. The molecule has 6 nitrogen and oxygen atoms in total. The summed E-state index contributed by atoms with van der Waals surface area (Å²) in [7, 11) is 0. The van der Waals surface area contributed by atoms with Gasteiger partial charge in [0.05, 0.1) is 5.56 Å². The predicted octanol–water partition coefficient (Wildman–Crippen LogP) is 3.38. The quantitative estimate of drug-likeness (QED) is 0.549. The second kappa shape index (κ2) is 7.86. The van der Waals surface area contributed by atoms with E-state index in [1.165, 1.54) is 6.92 Å². The zero-order valence-electron chi connectivity index (χ0n) is 15.1. The average molecular weight is 364 g/mol. The summed E-state index contributed by atoms with van der Waals surface area (Å²) in [5.74, 6) is -1.29. The molecule has 3 aromatic rings. The zero-order chi connectivity index (χ0) is 19.4. The Balaban J connectivity index is 1.93. The minimum atomic E-state index is -1.11. The van der Waals surface area contributed by atoms with E-state index in [-0.39, 0.29) is 0 Å². The molecule has 1 atom stereocenters. The van der Waals surface area contributed by atoms with Gasteiger partial charge in [-0.1, -0.05) is 48.5 Å². The molecule has 3 rings (SSSR count). The standard InChI is InChI=1S/C21H20N2O4/c1-3-22-21(26)23-19(24)13(2)27-20(25)18-16-10-6-4-8-14(16)12-15-9-5-7-11-17(15)18/h4-13H,3H2,1-2H3,(H2,22,23,24,26)/t13-/m1/s1. The molecule has 0 bridgehead atoms. The molecule has 0 unspecified atom stereocenters. The van der Waals surface area contributed by atoms with Crippen LogP contribution in [0.15, 0.2) is 54.6 Å². The largest absolute Gasteiger partial charge is 0.449 e. The lowest BCUT2D eigenvalue weighted by atomic mass is 9.97. The Morgan fingerprint density at radius 3 is 2.07 bits per heavy atom. The third-order valence-corrected chi connectivity index (χ3v) is 4.20. The van der Waals surface area contributed by atoms with Crippen LogP contribution >= 0.6 is 0 Å². The van der Waals surface area contributed by atoms with Crippen LogP contribution in [0.3, 0.4) is 0 Å². The third-order valence-electron chi connectivity index (χ3n) is 4.20. The van der Waals surface area contributed by atoms with E-state index < -0.39 is 24.0 Å². The lowest BCUT2D eigenvalue weighted by molar-refractivity contribution is -0.127. The fourth-order valence-corrected chi connectivity index (χ4v) is 2.92. The van der Waals surface area contributed by atoms with Gasteiger partial charge in [-0.3, -0.25) is 10.1 Å². The summed E-state index contributed by atoms with van der Waals surface area (Å²) in [4.78, 5) is 36.4. The van der Waals surface area contributed by atoms with E-state index in [0.717, 1.165) is 21.5 Å². The van der Waals surface area contributed by atoms with Crippen molar-refractivity contribution in [3.05, 3.63) is 60.2 Å². The summed E-state index contributed by atoms with van der Waals surface area (Å²) in [6, 6.07) is 16.4. The normalized spacial score (nSPS) is 11.8. The van der Waals surface area contributed by atoms with E-state index in [0.29, 0.717) is 12.1 Å². The summed E-state index contributed by atoms with van der Waals surface area (Å²) in [5.41, 5.74) is 0.404. The fraction of sp³-hybridized carbons (Fsp3) is 0.190. The lowest BCUT2D eigenvalue weighted by Gasteiger charge is -2.15. The molecule has 0 aliphatic carbocycles. The van der Waals surface area contributed by atoms with Crippen LogP contribution < -0.4 is 10.6 Å². The van der Waals surface area contributed by atoms with Crippen molar-refractivity contribution in [3.8, 4) is 0 Å². The highest BCUT2D eigenvalue weighted by atomic mass is 16.5. The van der Waals surface area contributed by atoms with Gasteiger partial charge >= 0.3 is 12.0 Å². The van der Waals surface area contributed by atoms with Gasteiger partial charge in [0.15, 0.2) is 6.10 Å². The number of amides is 3. The molecule has 6 heteroatoms. The molecule has 0 saturated carbocycles. The smallest absolute Gasteiger partial charge is 0.340 e. The number of ether oxygens (including phenoxy) is 1. The molecule has 0 heterocycles. The van der Waals surface area contributed by atoms with Gasteiger partial charge in [0, 0.05) is 6.54 Å². The number of benzene rings is 3. The Labute approximate surface area is 156 Å². The molecule has 0 fully saturated rings. The van der Waals surface area contributed by atoms with E-state index in [9.17, 15) is 14.4 Å². The first kappa shape index (κ1) is 18.4. The highest BCUT2D eigenvalue weighted by Crippen LogP contribution is 2.29. The third kappa shape index (κ3) is 3.89. The van der Waals surface area contributed by atoms with Gasteiger partial charge in [0.25, 0.3) is 5.91 Å². The minimum absolute atomic E-state index is 0.384. The van der Waals surface area contributed by atoms with Crippen LogP contribution in [-0.2, 0) is 9.53 Å². The van der Waals surface area contributed by atoms with Gasteiger partial charge in [-0.2, -0.15) is 0 Å². The molecule has 0 aromatic heterocycles. The van der Waals surface area contributed by atoms with Crippen LogP contribution in [0.5, 0.6) is 0 Å². The Morgan fingerprint density at radius 2 is 1.52 bits per heavy atom. The van der Waals surface area contributed by atoms with Crippen molar-refractivity contribution < 1.29 is 19.1 Å². The Hall–Kier alpha value is -3.41. The van der Waals surface area contributed by atoms with Gasteiger partial charge < -0.3 is 10.1 Å². The van der Waals surface area contributed by atoms with Crippen molar-refractivity contribution in [2.24, 2.45) is 0 Å². The first-order valence-corrected chi connectivity index (χ1v) is 8.71. The molecule has 3 amide bonds. The van der Waals surface area contributed by atoms with Crippen LogP contribution in [0.2, 0.25) is 0 Å². The summed E-state index contributed by atoms with van der Waals surface area (Å²) >= 11 is 0. The minimum Gasteiger partial charge on any atom is -0.449 e. The van der Waals surface area contributed by atoms with Crippen molar-refractivity contribution in [1.29, 1.82) is 0 Å². The summed E-state index contributed by atoms with van der Waals surface area (Å²) in [6.07, 6.45) is -1.11. The molecular weight excluding hydrogens is 344 g/mol. The highest BCUT2D eigenvalue weighted by Gasteiger charge is 2.23. The average Bonchev–Trinajstić information content (AvgIpc) is 2.65. The molecule has 0 radical (unpaired) electrons. The number of rotatable bonds is 4. The number of esters is 1. The Morgan fingerprint density at radius 1 is 0.963 bits per heavy atom. The number of hydrogen-bond donors (Lipinski definition) is 2. The van der Waals surface area contributed by atoms with Crippen molar-refractivity contribution in [3.63, 3.8) is 0 Å². The topological polar surface area (TPSA) is 84.5 Å². The summed E-state index contributed by atoms with van der Waals surface area (Å²) in [5, 5.41) is 7.90. The van der Waals surface area contributed by atoms with E-state index in [4.69, 9.17) is 4.74 Å². The van der Waals surface area contributed by atoms with Crippen LogP contribution in [0.1, 0.15) is 24.2 Å².